The van der Waals surface area contributed by atoms with Crippen LogP contribution in [0.4, 0.5) is 10.5 Å². The summed E-state index contributed by atoms with van der Waals surface area (Å²) in [7, 11) is 0. The van der Waals surface area contributed by atoms with E-state index < -0.39 is 12.2 Å². The maximum atomic E-state index is 11.9. The smallest absolute Gasteiger partial charge is 0.414 e. The lowest BCUT2D eigenvalue weighted by Crippen LogP contribution is -2.26. The number of ether oxygens (including phenoxy) is 3. The van der Waals surface area contributed by atoms with Crippen LogP contribution in [0.5, 0.6) is 5.75 Å². The van der Waals surface area contributed by atoms with Gasteiger partial charge < -0.3 is 14.2 Å². The topological polar surface area (TPSA) is 65.1 Å². The molecule has 1 saturated heterocycles. The number of hydrogen-bond donors (Lipinski definition) is 0. The Bertz CT molecular complexity index is 540. The third-order valence-electron chi connectivity index (χ3n) is 3.46. The van der Waals surface area contributed by atoms with Crippen molar-refractivity contribution in [1.29, 1.82) is 0 Å². The first-order chi connectivity index (χ1) is 11.0. The fourth-order valence-electron chi connectivity index (χ4n) is 2.16. The van der Waals surface area contributed by atoms with Gasteiger partial charge >= 0.3 is 12.1 Å². The van der Waals surface area contributed by atoms with E-state index in [4.69, 9.17) is 14.2 Å². The van der Waals surface area contributed by atoms with Gasteiger partial charge in [0, 0.05) is 12.6 Å². The predicted octanol–water partition coefficient (Wildman–Crippen LogP) is 3.00. The van der Waals surface area contributed by atoms with E-state index >= 15 is 0 Å². The number of esters is 1. The SMILES string of the molecule is CC(=O)OCC1CN(c2ccc(OCCC(C)C)cc2)C(=O)O1. The number of anilines is 1. The van der Waals surface area contributed by atoms with E-state index in [0.29, 0.717) is 19.1 Å². The Balaban J connectivity index is 1.89. The van der Waals surface area contributed by atoms with E-state index in [1.54, 1.807) is 0 Å². The fourth-order valence-corrected chi connectivity index (χ4v) is 2.16. The first-order valence-corrected chi connectivity index (χ1v) is 7.80. The monoisotopic (exact) mass is 321 g/mol. The fraction of sp³-hybridized carbons (Fsp3) is 0.529. The van der Waals surface area contributed by atoms with Crippen molar-refractivity contribution in [1.82, 2.24) is 0 Å². The van der Waals surface area contributed by atoms with E-state index in [1.165, 1.54) is 11.8 Å². The zero-order valence-corrected chi connectivity index (χ0v) is 13.8. The Morgan fingerprint density at radius 2 is 2.04 bits per heavy atom. The molecule has 6 heteroatoms. The minimum absolute atomic E-state index is 0.0774. The van der Waals surface area contributed by atoms with E-state index in [9.17, 15) is 9.59 Å². The molecule has 2 rings (SSSR count). The van der Waals surface area contributed by atoms with Crippen LogP contribution in [-0.2, 0) is 14.3 Å². The highest BCUT2D eigenvalue weighted by Gasteiger charge is 2.32. The number of carbonyl (C=O) groups is 2. The molecule has 126 valence electrons. The van der Waals surface area contributed by atoms with Gasteiger partial charge in [0.1, 0.15) is 12.4 Å². The molecule has 1 aliphatic heterocycles. The second-order valence-corrected chi connectivity index (χ2v) is 5.94. The molecule has 1 atom stereocenters. The minimum atomic E-state index is -0.437. The normalized spacial score (nSPS) is 17.3. The van der Waals surface area contributed by atoms with Crippen LogP contribution in [0.1, 0.15) is 27.2 Å². The number of carbonyl (C=O) groups excluding carboxylic acids is 2. The van der Waals surface area contributed by atoms with E-state index in [1.807, 2.05) is 24.3 Å². The van der Waals surface area contributed by atoms with Crippen LogP contribution in [-0.4, -0.2) is 37.9 Å². The molecule has 1 aromatic carbocycles. The highest BCUT2D eigenvalue weighted by molar-refractivity contribution is 5.89. The van der Waals surface area contributed by atoms with Gasteiger partial charge in [-0.25, -0.2) is 4.79 Å². The summed E-state index contributed by atoms with van der Waals surface area (Å²) < 4.78 is 15.7. The average molecular weight is 321 g/mol. The second-order valence-electron chi connectivity index (χ2n) is 5.94. The maximum Gasteiger partial charge on any atom is 0.414 e. The van der Waals surface area contributed by atoms with Crippen molar-refractivity contribution in [2.45, 2.75) is 33.3 Å². The first-order valence-electron chi connectivity index (χ1n) is 7.80. The lowest BCUT2D eigenvalue weighted by Gasteiger charge is -2.14. The van der Waals surface area contributed by atoms with E-state index in [-0.39, 0.29) is 12.6 Å². The van der Waals surface area contributed by atoms with Gasteiger partial charge in [-0.05, 0) is 36.6 Å². The zero-order chi connectivity index (χ0) is 16.8. The van der Waals surface area contributed by atoms with Gasteiger partial charge in [-0.1, -0.05) is 13.8 Å². The van der Waals surface area contributed by atoms with Crippen LogP contribution in [0.3, 0.4) is 0 Å². The Kier molecular flexibility index (Phi) is 5.84. The van der Waals surface area contributed by atoms with Crippen LogP contribution >= 0.6 is 0 Å². The summed E-state index contributed by atoms with van der Waals surface area (Å²) in [6, 6.07) is 7.31. The van der Waals surface area contributed by atoms with Gasteiger partial charge in [-0.3, -0.25) is 9.69 Å². The molecule has 23 heavy (non-hydrogen) atoms. The number of benzene rings is 1. The number of nitrogens with zero attached hydrogens (tertiary/aromatic N) is 1. The minimum Gasteiger partial charge on any atom is -0.494 e. The maximum absolute atomic E-state index is 11.9. The number of cyclic esters (lactones) is 1. The zero-order valence-electron chi connectivity index (χ0n) is 13.8. The molecule has 1 aliphatic rings. The molecule has 0 bridgehead atoms. The molecule has 1 fully saturated rings. The quantitative estimate of drug-likeness (QED) is 0.722. The molecule has 0 radical (unpaired) electrons. The Hall–Kier alpha value is -2.24. The number of amides is 1. The lowest BCUT2D eigenvalue weighted by atomic mass is 10.1. The highest BCUT2D eigenvalue weighted by Crippen LogP contribution is 2.24. The van der Waals surface area contributed by atoms with Gasteiger partial charge in [0.15, 0.2) is 6.10 Å². The van der Waals surface area contributed by atoms with Gasteiger partial charge in [0.2, 0.25) is 0 Å². The molecule has 1 unspecified atom stereocenters. The van der Waals surface area contributed by atoms with Crippen molar-refractivity contribution in [3.8, 4) is 5.75 Å². The van der Waals surface area contributed by atoms with Crippen molar-refractivity contribution in [3.05, 3.63) is 24.3 Å². The van der Waals surface area contributed by atoms with Crippen molar-refractivity contribution in [3.63, 3.8) is 0 Å². The predicted molar refractivity (Wildman–Crippen MR) is 85.6 cm³/mol. The van der Waals surface area contributed by atoms with Crippen molar-refractivity contribution < 1.29 is 23.8 Å². The Labute approximate surface area is 136 Å². The Morgan fingerprint density at radius 3 is 2.65 bits per heavy atom. The standard InChI is InChI=1S/C17H23NO5/c1-12(2)8-9-21-15-6-4-14(5-7-15)18-10-16(23-17(18)20)11-22-13(3)19/h4-7,12,16H,8-11H2,1-3H3. The summed E-state index contributed by atoms with van der Waals surface area (Å²) in [5, 5.41) is 0. The van der Waals surface area contributed by atoms with Gasteiger partial charge in [0.05, 0.1) is 13.2 Å². The molecule has 1 aromatic rings. The molecule has 1 heterocycles. The van der Waals surface area contributed by atoms with Gasteiger partial charge in [-0.15, -0.1) is 0 Å². The highest BCUT2D eigenvalue weighted by atomic mass is 16.6. The summed E-state index contributed by atoms with van der Waals surface area (Å²) in [6.45, 7) is 6.74. The molecular weight excluding hydrogens is 298 g/mol. The van der Waals surface area contributed by atoms with E-state index in [2.05, 4.69) is 13.8 Å². The third kappa shape index (κ3) is 5.16. The van der Waals surface area contributed by atoms with Crippen LogP contribution in [0, 0.1) is 5.92 Å². The molecule has 1 amide bonds. The molecule has 0 aromatic heterocycles. The number of hydrogen-bond acceptors (Lipinski definition) is 5. The van der Waals surface area contributed by atoms with Crippen LogP contribution in [0.25, 0.3) is 0 Å². The number of rotatable bonds is 7. The largest absolute Gasteiger partial charge is 0.494 e. The van der Waals surface area contributed by atoms with Crippen molar-refractivity contribution in [2.24, 2.45) is 5.92 Å². The van der Waals surface area contributed by atoms with Crippen LogP contribution in [0.15, 0.2) is 24.3 Å². The molecule has 0 spiro atoms. The summed E-state index contributed by atoms with van der Waals surface area (Å²) in [4.78, 5) is 24.2. The molecular formula is C17H23NO5. The molecule has 6 nitrogen and oxygen atoms in total. The molecule has 0 saturated carbocycles. The van der Waals surface area contributed by atoms with Crippen molar-refractivity contribution >= 4 is 17.7 Å². The van der Waals surface area contributed by atoms with Crippen molar-refractivity contribution in [2.75, 3.05) is 24.7 Å². The summed E-state index contributed by atoms with van der Waals surface area (Å²) in [6.07, 6.45) is 0.127. The summed E-state index contributed by atoms with van der Waals surface area (Å²) in [5.74, 6) is 0.989. The average Bonchev–Trinajstić information content (AvgIpc) is 2.87. The lowest BCUT2D eigenvalue weighted by molar-refractivity contribution is -0.143. The van der Waals surface area contributed by atoms with E-state index in [0.717, 1.165) is 17.9 Å². The summed E-state index contributed by atoms with van der Waals surface area (Å²) >= 11 is 0. The van der Waals surface area contributed by atoms with Crippen LogP contribution < -0.4 is 9.64 Å². The third-order valence-corrected chi connectivity index (χ3v) is 3.46. The molecule has 0 N–H and O–H groups in total. The van der Waals surface area contributed by atoms with Gasteiger partial charge in [0.25, 0.3) is 0 Å². The second kappa shape index (κ2) is 7.85. The van der Waals surface area contributed by atoms with Crippen LogP contribution in [0.2, 0.25) is 0 Å². The summed E-state index contributed by atoms with van der Waals surface area (Å²) in [5.41, 5.74) is 0.733. The Morgan fingerprint density at radius 1 is 1.35 bits per heavy atom. The van der Waals surface area contributed by atoms with Gasteiger partial charge in [-0.2, -0.15) is 0 Å². The first kappa shape index (κ1) is 17.1. The molecule has 0 aliphatic carbocycles.